The molecule has 2 nitrogen and oxygen atoms in total. The van der Waals surface area contributed by atoms with E-state index in [1.807, 2.05) is 0 Å². The van der Waals surface area contributed by atoms with Gasteiger partial charge in [0.25, 0.3) is 0 Å². The van der Waals surface area contributed by atoms with E-state index < -0.39 is 9.29 Å². The highest BCUT2D eigenvalue weighted by molar-refractivity contribution is 5.96. The Bertz CT molecular complexity index is 30.6. The second-order valence-corrected chi connectivity index (χ2v) is 0.250. The van der Waals surface area contributed by atoms with E-state index in [1.54, 1.807) is 0 Å². The van der Waals surface area contributed by atoms with Crippen LogP contribution in [0.2, 0.25) is 0 Å². The highest BCUT2D eigenvalue weighted by Crippen LogP contribution is 1.10. The zero-order chi connectivity index (χ0) is 4.71. The minimum Gasteiger partial charge on any atom is -0.430 e. The van der Waals surface area contributed by atoms with Gasteiger partial charge < -0.3 is 3.52 Å². The summed E-state index contributed by atoms with van der Waals surface area (Å²) < 4.78 is 26.4. The Morgan fingerprint density at radius 2 is 1.40 bits per heavy atom. The summed E-state index contributed by atoms with van der Waals surface area (Å²) in [5, 5.41) is 0. The summed E-state index contributed by atoms with van der Waals surface area (Å²) in [5.41, 5.74) is 0. The number of hydrogen-bond donors (Lipinski definition) is 0. The predicted molar refractivity (Wildman–Crippen MR) is 16.8 cm³/mol. The van der Waals surface area contributed by atoms with Gasteiger partial charge in [-0.25, -0.2) is 0 Å². The van der Waals surface area contributed by atoms with Crippen molar-refractivity contribution in [1.29, 1.82) is 0 Å². The fourth-order valence-corrected chi connectivity index (χ4v) is 0. The molecule has 0 aliphatic rings. The molecule has 0 aliphatic carbocycles. The van der Waals surface area contributed by atoms with E-state index in [0.29, 0.717) is 0 Å². The van der Waals surface area contributed by atoms with E-state index in [-0.39, 0.29) is 16.7 Å². The molecule has 0 aromatic rings. The lowest BCUT2D eigenvalue weighted by molar-refractivity contribution is 0.497. The first-order chi connectivity index (χ1) is 2.41. The average molecular weight is 108 g/mol. The molecule has 5 heavy (non-hydrogen) atoms. The molecule has 0 saturated carbocycles. The van der Waals surface area contributed by atoms with Crippen molar-refractivity contribution in [2.45, 2.75) is 0 Å². The third-order valence-corrected chi connectivity index (χ3v) is 0. The van der Waals surface area contributed by atoms with Gasteiger partial charge in [0.05, 0.1) is 0 Å². The van der Waals surface area contributed by atoms with Crippen LogP contribution < -0.4 is 0 Å². The van der Waals surface area contributed by atoms with Gasteiger partial charge in [-0.3, -0.25) is 8.92 Å². The Kier molecular flexibility index (Phi) is 50.6. The van der Waals surface area contributed by atoms with Gasteiger partial charge in [0, 0.05) is 0 Å². The molecule has 0 unspecified atom stereocenters. The van der Waals surface area contributed by atoms with Crippen molar-refractivity contribution in [2.24, 2.45) is 0 Å². The maximum atomic E-state index is 9.64. The average Bonchev–Trinajstić information content (AvgIpc) is 1.46. The largest absolute Gasteiger partial charge is 0.549 e. The summed E-state index contributed by atoms with van der Waals surface area (Å²) in [4.78, 5) is 0. The Morgan fingerprint density at radius 1 is 1.40 bits per heavy atom. The third-order valence-electron chi connectivity index (χ3n) is 0. The molecular formula is H2AlFO2Si. The Hall–Kier alpha value is 0.279. The summed E-state index contributed by atoms with van der Waals surface area (Å²) in [6.07, 6.45) is 0. The van der Waals surface area contributed by atoms with Crippen LogP contribution in [0.3, 0.4) is 0 Å². The van der Waals surface area contributed by atoms with Crippen LogP contribution in [0.15, 0.2) is 0 Å². The van der Waals surface area contributed by atoms with Crippen LogP contribution in [-0.2, 0) is 8.92 Å². The highest BCUT2D eigenvalue weighted by Gasteiger charge is 1.22. The van der Waals surface area contributed by atoms with Crippen LogP contribution >= 0.6 is 0 Å². The summed E-state index contributed by atoms with van der Waals surface area (Å²) in [5.74, 6) is 0. The van der Waals surface area contributed by atoms with Crippen molar-refractivity contribution < 1.29 is 12.4 Å². The van der Waals surface area contributed by atoms with Crippen molar-refractivity contribution in [3.8, 4) is 0 Å². The first-order valence-corrected chi connectivity index (χ1v) is 2.36. The molecule has 0 aromatic carbocycles. The van der Waals surface area contributed by atoms with E-state index in [1.165, 1.54) is 0 Å². The maximum Gasteiger partial charge on any atom is 0.549 e. The van der Waals surface area contributed by atoms with E-state index >= 15 is 0 Å². The normalized spacial score (nSPS) is 2.60. The quantitative estimate of drug-likeness (QED) is 0.368. The van der Waals surface area contributed by atoms with Gasteiger partial charge in [-0.05, 0) is 0 Å². The van der Waals surface area contributed by atoms with Crippen LogP contribution in [0, 0.1) is 0 Å². The molecular weight excluding hydrogens is 106 g/mol. The SMILES string of the molecule is O=[Si]=O.[F][AlH2]. The van der Waals surface area contributed by atoms with Crippen LogP contribution in [0.1, 0.15) is 0 Å². The van der Waals surface area contributed by atoms with Crippen LogP contribution in [-0.4, -0.2) is 26.0 Å². The minimum absolute atomic E-state index is 0.194. The van der Waals surface area contributed by atoms with E-state index in [2.05, 4.69) is 0 Å². The zero-order valence-corrected chi connectivity index (χ0v) is 5.69. The summed E-state index contributed by atoms with van der Waals surface area (Å²) in [6, 6.07) is 0. The van der Waals surface area contributed by atoms with E-state index in [4.69, 9.17) is 8.92 Å². The van der Waals surface area contributed by atoms with Crippen molar-refractivity contribution in [3.05, 3.63) is 0 Å². The molecule has 0 atom stereocenters. The van der Waals surface area contributed by atoms with Crippen LogP contribution in [0.5, 0.6) is 0 Å². The minimum atomic E-state index is -1.42. The lowest BCUT2D eigenvalue weighted by atomic mass is 15.9. The van der Waals surface area contributed by atoms with Gasteiger partial charge >= 0.3 is 26.0 Å². The van der Waals surface area contributed by atoms with Gasteiger partial charge in [0.15, 0.2) is 0 Å². The molecule has 0 amide bonds. The Morgan fingerprint density at radius 3 is 1.40 bits per heavy atom. The molecule has 0 aromatic heterocycles. The Labute approximate surface area is 39.2 Å². The summed E-state index contributed by atoms with van der Waals surface area (Å²) >= 11 is -0.194. The predicted octanol–water partition coefficient (Wildman–Crippen LogP) is -1.11. The zero-order valence-electron chi connectivity index (χ0n) is 2.69. The molecule has 0 fully saturated rings. The van der Waals surface area contributed by atoms with Crippen LogP contribution in [0.4, 0.5) is 3.52 Å². The lowest BCUT2D eigenvalue weighted by Crippen LogP contribution is -1.26. The van der Waals surface area contributed by atoms with E-state index in [0.717, 1.165) is 0 Å². The molecule has 0 rings (SSSR count). The molecule has 0 aliphatic heterocycles. The monoisotopic (exact) mass is 108 g/mol. The molecule has 0 N–H and O–H groups in total. The third kappa shape index (κ3) is 285. The van der Waals surface area contributed by atoms with Crippen molar-refractivity contribution in [2.75, 3.05) is 0 Å². The molecule has 0 radical (unpaired) electrons. The molecule has 0 bridgehead atoms. The number of hydrogen-bond acceptors (Lipinski definition) is 2. The smallest absolute Gasteiger partial charge is 0.430 e. The summed E-state index contributed by atoms with van der Waals surface area (Å²) in [6.45, 7) is 0. The van der Waals surface area contributed by atoms with Crippen molar-refractivity contribution >= 4 is 26.0 Å². The van der Waals surface area contributed by atoms with E-state index in [9.17, 15) is 3.52 Å². The lowest BCUT2D eigenvalue weighted by Gasteiger charge is -1.08. The maximum absolute atomic E-state index is 9.64. The fourth-order valence-electron chi connectivity index (χ4n) is 0. The van der Waals surface area contributed by atoms with Gasteiger partial charge in [0.2, 0.25) is 0 Å². The standard InChI is InChI=1S/Al.FH.O2Si.2H/c;;1-3-2;;/h;1H;;;/q+1;;;;/p-1. The highest BCUT2D eigenvalue weighted by atomic mass is 28.2. The molecule has 5 heteroatoms. The van der Waals surface area contributed by atoms with Crippen molar-refractivity contribution in [3.63, 3.8) is 0 Å². The molecule has 0 spiro atoms. The first kappa shape index (κ1) is 8.99. The number of halogens is 1. The van der Waals surface area contributed by atoms with Gasteiger partial charge in [-0.2, -0.15) is 0 Å². The first-order valence-electron chi connectivity index (χ1n) is 0.786. The second kappa shape index (κ2) is 28.1. The van der Waals surface area contributed by atoms with Gasteiger partial charge in [0.1, 0.15) is 0 Å². The van der Waals surface area contributed by atoms with Crippen LogP contribution in [0.25, 0.3) is 0 Å². The molecule has 0 saturated heterocycles. The Balaban J connectivity index is 0. The number of rotatable bonds is 0. The van der Waals surface area contributed by atoms with Gasteiger partial charge in [-0.1, -0.05) is 0 Å². The van der Waals surface area contributed by atoms with Crippen molar-refractivity contribution in [1.82, 2.24) is 0 Å². The fraction of sp³-hybridized carbons (Fsp3) is 0. The topological polar surface area (TPSA) is 34.1 Å². The van der Waals surface area contributed by atoms with Gasteiger partial charge in [-0.15, -0.1) is 0 Å². The summed E-state index contributed by atoms with van der Waals surface area (Å²) in [7, 11) is -1.42. The molecule has 0 heterocycles. The molecule has 28 valence electrons. The second-order valence-electron chi connectivity index (χ2n) is 0.0833.